The zero-order valence-corrected chi connectivity index (χ0v) is 21.6. The molecule has 0 saturated carbocycles. The van der Waals surface area contributed by atoms with Crippen LogP contribution >= 0.6 is 0 Å². The first-order valence-electron chi connectivity index (χ1n) is 12.5. The zero-order valence-electron chi connectivity index (χ0n) is 21.6. The van der Waals surface area contributed by atoms with Gasteiger partial charge in [-0.05, 0) is 53.9 Å². The van der Waals surface area contributed by atoms with Gasteiger partial charge in [-0.1, -0.05) is 48.0 Å². The fraction of sp³-hybridized carbons (Fsp3) is 0.129. The van der Waals surface area contributed by atoms with E-state index in [0.717, 1.165) is 11.1 Å². The van der Waals surface area contributed by atoms with Gasteiger partial charge in [0.2, 0.25) is 0 Å². The van der Waals surface area contributed by atoms with Crippen LogP contribution in [0, 0.1) is 17.0 Å². The molecule has 1 aromatic heterocycles. The number of nitro groups is 1. The highest BCUT2D eigenvalue weighted by molar-refractivity contribution is 6.46. The van der Waals surface area contributed by atoms with Gasteiger partial charge in [0, 0.05) is 36.6 Å². The van der Waals surface area contributed by atoms with Gasteiger partial charge in [0.25, 0.3) is 17.4 Å². The normalized spacial score (nSPS) is 16.2. The van der Waals surface area contributed by atoms with Crippen LogP contribution in [0.4, 0.5) is 5.69 Å². The molecule has 1 aliphatic heterocycles. The molecular weight excluding hydrogens is 510 g/mol. The van der Waals surface area contributed by atoms with Crippen molar-refractivity contribution >= 4 is 23.1 Å². The summed E-state index contributed by atoms with van der Waals surface area (Å²) >= 11 is 0. The van der Waals surface area contributed by atoms with Crippen LogP contribution in [0.3, 0.4) is 0 Å². The van der Waals surface area contributed by atoms with E-state index < -0.39 is 22.7 Å². The van der Waals surface area contributed by atoms with Crippen molar-refractivity contribution in [3.8, 4) is 5.75 Å². The Kier molecular flexibility index (Phi) is 7.37. The molecule has 0 bridgehead atoms. The SMILES string of the molecule is Cc1cccc(COc2ccc(/C(O)=C3/C(=O)C(=O)N(Cc4cccnc4)C3c3cccc([N+](=O)[O-])c3)cc2)c1. The summed E-state index contributed by atoms with van der Waals surface area (Å²) in [5, 5.41) is 22.8. The quantitative estimate of drug-likeness (QED) is 0.104. The zero-order chi connectivity index (χ0) is 28.2. The summed E-state index contributed by atoms with van der Waals surface area (Å²) in [7, 11) is 0. The molecule has 5 rings (SSSR count). The summed E-state index contributed by atoms with van der Waals surface area (Å²) in [6, 6.07) is 22.6. The summed E-state index contributed by atoms with van der Waals surface area (Å²) in [4.78, 5) is 42.8. The molecule has 1 atom stereocenters. The molecule has 1 fully saturated rings. The van der Waals surface area contributed by atoms with Gasteiger partial charge in [-0.2, -0.15) is 0 Å². The lowest BCUT2D eigenvalue weighted by molar-refractivity contribution is -0.384. The van der Waals surface area contributed by atoms with E-state index in [0.29, 0.717) is 29.0 Å². The predicted octanol–water partition coefficient (Wildman–Crippen LogP) is 5.50. The second-order valence-electron chi connectivity index (χ2n) is 9.44. The van der Waals surface area contributed by atoms with E-state index in [1.54, 1.807) is 54.9 Å². The lowest BCUT2D eigenvalue weighted by atomic mass is 9.95. The van der Waals surface area contributed by atoms with Crippen LogP contribution in [0.25, 0.3) is 5.76 Å². The number of amides is 1. The number of nitrogens with zero attached hydrogens (tertiary/aromatic N) is 3. The topological polar surface area (TPSA) is 123 Å². The van der Waals surface area contributed by atoms with E-state index in [1.807, 2.05) is 31.2 Å². The van der Waals surface area contributed by atoms with Crippen molar-refractivity contribution in [1.82, 2.24) is 9.88 Å². The number of ketones is 1. The molecular formula is C31H25N3O6. The number of hydrogen-bond acceptors (Lipinski definition) is 7. The van der Waals surface area contributed by atoms with Gasteiger partial charge in [-0.15, -0.1) is 0 Å². The third-order valence-corrected chi connectivity index (χ3v) is 6.63. The Morgan fingerprint density at radius 2 is 1.75 bits per heavy atom. The number of aliphatic hydroxyl groups is 1. The van der Waals surface area contributed by atoms with Crippen LogP contribution in [-0.2, 0) is 22.7 Å². The van der Waals surface area contributed by atoms with E-state index >= 15 is 0 Å². The molecule has 40 heavy (non-hydrogen) atoms. The first-order chi connectivity index (χ1) is 19.3. The van der Waals surface area contributed by atoms with Gasteiger partial charge in [-0.25, -0.2) is 0 Å². The highest BCUT2D eigenvalue weighted by atomic mass is 16.6. The van der Waals surface area contributed by atoms with Crippen molar-refractivity contribution < 1.29 is 24.4 Å². The van der Waals surface area contributed by atoms with Crippen LogP contribution in [0.1, 0.15) is 33.9 Å². The standard InChI is InChI=1S/C31H25N3O6/c1-20-5-2-6-21(15-20)19-40-26-12-10-23(11-13-26)29(35)27-28(24-8-3-9-25(16-24)34(38)39)33(31(37)30(27)36)18-22-7-4-14-32-17-22/h2-17,28,35H,18-19H2,1H3/b29-27-. The highest BCUT2D eigenvalue weighted by Crippen LogP contribution is 2.41. The van der Waals surface area contributed by atoms with E-state index in [4.69, 9.17) is 4.74 Å². The number of carbonyl (C=O) groups excluding carboxylic acids is 2. The molecule has 1 amide bonds. The Bertz CT molecular complexity index is 1620. The molecule has 2 heterocycles. The maximum Gasteiger partial charge on any atom is 0.295 e. The van der Waals surface area contributed by atoms with Crippen molar-refractivity contribution in [2.45, 2.75) is 26.1 Å². The molecule has 200 valence electrons. The van der Waals surface area contributed by atoms with Crippen molar-refractivity contribution in [3.63, 3.8) is 0 Å². The molecule has 0 spiro atoms. The number of ether oxygens (including phenoxy) is 1. The second-order valence-corrected chi connectivity index (χ2v) is 9.44. The van der Waals surface area contributed by atoms with Gasteiger partial charge in [0.15, 0.2) is 0 Å². The van der Waals surface area contributed by atoms with Crippen molar-refractivity contribution in [2.24, 2.45) is 0 Å². The van der Waals surface area contributed by atoms with Gasteiger partial charge in [0.05, 0.1) is 16.5 Å². The Labute approximate surface area is 230 Å². The monoisotopic (exact) mass is 535 g/mol. The third kappa shape index (κ3) is 5.44. The van der Waals surface area contributed by atoms with Crippen LogP contribution in [0.2, 0.25) is 0 Å². The lowest BCUT2D eigenvalue weighted by Gasteiger charge is -2.25. The smallest absolute Gasteiger partial charge is 0.295 e. The number of carbonyl (C=O) groups is 2. The van der Waals surface area contributed by atoms with Crippen LogP contribution in [0.15, 0.2) is 103 Å². The van der Waals surface area contributed by atoms with Crippen LogP contribution in [0.5, 0.6) is 5.75 Å². The van der Waals surface area contributed by atoms with Crippen LogP contribution in [-0.4, -0.2) is 31.6 Å². The number of pyridine rings is 1. The number of benzene rings is 3. The molecule has 9 nitrogen and oxygen atoms in total. The predicted molar refractivity (Wildman–Crippen MR) is 147 cm³/mol. The molecule has 9 heteroatoms. The molecule has 1 saturated heterocycles. The number of rotatable bonds is 8. The molecule has 4 aromatic rings. The molecule has 3 aromatic carbocycles. The summed E-state index contributed by atoms with van der Waals surface area (Å²) < 4.78 is 5.86. The van der Waals surface area contributed by atoms with Gasteiger partial charge < -0.3 is 14.7 Å². The number of likely N-dealkylation sites (tertiary alicyclic amines) is 1. The number of Topliss-reactive ketones (excluding diaryl/α,β-unsaturated/α-hetero) is 1. The van der Waals surface area contributed by atoms with Crippen LogP contribution < -0.4 is 4.74 Å². The van der Waals surface area contributed by atoms with E-state index in [2.05, 4.69) is 4.98 Å². The Morgan fingerprint density at radius 3 is 2.45 bits per heavy atom. The maximum atomic E-state index is 13.3. The second kappa shape index (κ2) is 11.2. The first kappa shape index (κ1) is 26.3. The minimum atomic E-state index is -1.04. The largest absolute Gasteiger partial charge is 0.507 e. The van der Waals surface area contributed by atoms with E-state index in [1.165, 1.54) is 23.1 Å². The molecule has 0 aliphatic carbocycles. The van der Waals surface area contributed by atoms with E-state index in [-0.39, 0.29) is 23.6 Å². The molecule has 1 unspecified atom stereocenters. The Hall–Kier alpha value is -5.31. The number of nitro benzene ring substituents is 1. The average molecular weight is 536 g/mol. The highest BCUT2D eigenvalue weighted by Gasteiger charge is 2.46. The number of aryl methyl sites for hydroxylation is 1. The van der Waals surface area contributed by atoms with E-state index in [9.17, 15) is 24.8 Å². The van der Waals surface area contributed by atoms with Gasteiger partial charge >= 0.3 is 0 Å². The van der Waals surface area contributed by atoms with Gasteiger partial charge in [-0.3, -0.25) is 24.7 Å². The van der Waals surface area contributed by atoms with Crippen molar-refractivity contribution in [1.29, 1.82) is 0 Å². The van der Waals surface area contributed by atoms with Crippen molar-refractivity contribution in [3.05, 3.63) is 141 Å². The minimum absolute atomic E-state index is 0.0221. The number of aromatic nitrogens is 1. The molecule has 1 aliphatic rings. The number of hydrogen-bond donors (Lipinski definition) is 1. The Balaban J connectivity index is 1.50. The Morgan fingerprint density at radius 1 is 1.00 bits per heavy atom. The lowest BCUT2D eigenvalue weighted by Crippen LogP contribution is -2.29. The van der Waals surface area contributed by atoms with Crippen molar-refractivity contribution in [2.75, 3.05) is 0 Å². The minimum Gasteiger partial charge on any atom is -0.507 e. The molecule has 1 N–H and O–H groups in total. The number of aliphatic hydroxyl groups excluding tert-OH is 1. The summed E-state index contributed by atoms with van der Waals surface area (Å²) in [6.07, 6.45) is 3.16. The summed E-state index contributed by atoms with van der Waals surface area (Å²) in [6.45, 7) is 2.38. The maximum absolute atomic E-state index is 13.3. The average Bonchev–Trinajstić information content (AvgIpc) is 3.21. The van der Waals surface area contributed by atoms with Gasteiger partial charge in [0.1, 0.15) is 18.1 Å². The summed E-state index contributed by atoms with van der Waals surface area (Å²) in [5.41, 5.74) is 3.09. The fourth-order valence-corrected chi connectivity index (χ4v) is 4.72. The third-order valence-electron chi connectivity index (χ3n) is 6.63. The fourth-order valence-electron chi connectivity index (χ4n) is 4.72. The summed E-state index contributed by atoms with van der Waals surface area (Å²) in [5.74, 6) is -1.52. The molecule has 0 radical (unpaired) electrons. The first-order valence-corrected chi connectivity index (χ1v) is 12.5. The number of non-ortho nitro benzene ring substituents is 1.